The lowest BCUT2D eigenvalue weighted by molar-refractivity contribution is 0.640. The Kier molecular flexibility index (Phi) is 4.21. The molecule has 0 saturated heterocycles. The lowest BCUT2D eigenvalue weighted by atomic mass is 10.1. The first-order chi connectivity index (χ1) is 10.3. The van der Waals surface area contributed by atoms with Crippen molar-refractivity contribution in [2.75, 3.05) is 6.54 Å². The number of nitrogens with zero attached hydrogens (tertiary/aromatic N) is 3. The normalized spacial score (nSPS) is 11.1. The van der Waals surface area contributed by atoms with Gasteiger partial charge in [0.1, 0.15) is 12.2 Å². The minimum Gasteiger partial charge on any atom is -0.313 e. The van der Waals surface area contributed by atoms with Crippen molar-refractivity contribution in [3.63, 3.8) is 0 Å². The molecule has 0 aliphatic heterocycles. The average Bonchev–Trinajstić information content (AvgIpc) is 3.00. The third-order valence-electron chi connectivity index (χ3n) is 3.45. The molecule has 2 aromatic heterocycles. The Morgan fingerprint density at radius 1 is 1.19 bits per heavy atom. The fourth-order valence-electron chi connectivity index (χ4n) is 2.35. The van der Waals surface area contributed by atoms with Crippen molar-refractivity contribution in [1.82, 2.24) is 25.5 Å². The number of fused-ring (bicyclic) bond motifs is 1. The van der Waals surface area contributed by atoms with E-state index in [4.69, 9.17) is 0 Å². The van der Waals surface area contributed by atoms with Crippen molar-refractivity contribution in [3.8, 4) is 0 Å². The van der Waals surface area contributed by atoms with Crippen LogP contribution in [0.1, 0.15) is 23.5 Å². The molecule has 1 aromatic carbocycles. The minimum atomic E-state index is 0.875. The first kappa shape index (κ1) is 13.7. The molecule has 2 N–H and O–H groups in total. The van der Waals surface area contributed by atoms with Crippen LogP contribution in [0, 0.1) is 6.92 Å². The van der Waals surface area contributed by atoms with Gasteiger partial charge in [-0.1, -0.05) is 12.1 Å². The zero-order chi connectivity index (χ0) is 14.5. The number of hydrogen-bond acceptors (Lipinski definition) is 4. The van der Waals surface area contributed by atoms with E-state index in [1.165, 1.54) is 10.9 Å². The number of hydrogen-bond donors (Lipinski definition) is 2. The number of H-pyrrole nitrogens is 1. The molecule has 2 heterocycles. The first-order valence-corrected chi connectivity index (χ1v) is 7.22. The van der Waals surface area contributed by atoms with Crippen LogP contribution >= 0.6 is 0 Å². The topological polar surface area (TPSA) is 66.5 Å². The molecule has 108 valence electrons. The van der Waals surface area contributed by atoms with Crippen LogP contribution in [0.3, 0.4) is 0 Å². The zero-order valence-corrected chi connectivity index (χ0v) is 12.1. The highest BCUT2D eigenvalue weighted by Crippen LogP contribution is 2.14. The van der Waals surface area contributed by atoms with Crippen molar-refractivity contribution in [3.05, 3.63) is 53.7 Å². The number of aromatic nitrogens is 4. The summed E-state index contributed by atoms with van der Waals surface area (Å²) in [7, 11) is 0. The molecule has 5 nitrogen and oxygen atoms in total. The molecule has 0 fully saturated rings. The highest BCUT2D eigenvalue weighted by atomic mass is 15.2. The van der Waals surface area contributed by atoms with Crippen molar-refractivity contribution < 1.29 is 0 Å². The Bertz CT molecular complexity index is 706. The molecule has 0 amide bonds. The summed E-state index contributed by atoms with van der Waals surface area (Å²) >= 11 is 0. The second kappa shape index (κ2) is 6.45. The molecule has 3 aromatic rings. The third kappa shape index (κ3) is 3.64. The van der Waals surface area contributed by atoms with Gasteiger partial charge in [0.25, 0.3) is 0 Å². The largest absolute Gasteiger partial charge is 0.313 e. The fraction of sp³-hybridized carbons (Fsp3) is 0.312. The van der Waals surface area contributed by atoms with Gasteiger partial charge in [-0.05, 0) is 43.7 Å². The van der Waals surface area contributed by atoms with Crippen LogP contribution in [0.25, 0.3) is 10.9 Å². The van der Waals surface area contributed by atoms with E-state index in [-0.39, 0.29) is 0 Å². The van der Waals surface area contributed by atoms with Gasteiger partial charge in [-0.15, -0.1) is 0 Å². The lowest BCUT2D eigenvalue weighted by Crippen LogP contribution is -2.15. The lowest BCUT2D eigenvalue weighted by Gasteiger charge is -2.06. The zero-order valence-electron chi connectivity index (χ0n) is 12.1. The number of pyridine rings is 1. The van der Waals surface area contributed by atoms with Gasteiger partial charge in [-0.3, -0.25) is 10.1 Å². The number of aryl methyl sites for hydroxylation is 2. The fourth-order valence-corrected chi connectivity index (χ4v) is 2.35. The van der Waals surface area contributed by atoms with E-state index >= 15 is 0 Å². The number of benzene rings is 1. The van der Waals surface area contributed by atoms with Crippen molar-refractivity contribution >= 4 is 10.9 Å². The molecule has 0 saturated carbocycles. The molecule has 0 aliphatic carbocycles. The van der Waals surface area contributed by atoms with Crippen LogP contribution in [0.4, 0.5) is 0 Å². The summed E-state index contributed by atoms with van der Waals surface area (Å²) < 4.78 is 0. The van der Waals surface area contributed by atoms with E-state index in [1.807, 2.05) is 6.92 Å². The molecule has 21 heavy (non-hydrogen) atoms. The van der Waals surface area contributed by atoms with E-state index in [2.05, 4.69) is 55.8 Å². The Morgan fingerprint density at radius 3 is 3.00 bits per heavy atom. The monoisotopic (exact) mass is 281 g/mol. The van der Waals surface area contributed by atoms with Gasteiger partial charge < -0.3 is 5.32 Å². The van der Waals surface area contributed by atoms with Gasteiger partial charge in [-0.2, -0.15) is 5.10 Å². The smallest absolute Gasteiger partial charge is 0.137 e. The van der Waals surface area contributed by atoms with Crippen molar-refractivity contribution in [1.29, 1.82) is 0 Å². The van der Waals surface area contributed by atoms with E-state index in [9.17, 15) is 0 Å². The Labute approximate surface area is 123 Å². The first-order valence-electron chi connectivity index (χ1n) is 7.22. The molecule has 0 aliphatic rings. The summed E-state index contributed by atoms with van der Waals surface area (Å²) in [5, 5.41) is 11.4. The molecular weight excluding hydrogens is 262 g/mol. The van der Waals surface area contributed by atoms with E-state index in [0.717, 1.165) is 43.0 Å². The third-order valence-corrected chi connectivity index (χ3v) is 3.45. The maximum atomic E-state index is 4.52. The summed E-state index contributed by atoms with van der Waals surface area (Å²) in [5.41, 5.74) is 3.40. The summed E-state index contributed by atoms with van der Waals surface area (Å²) in [6.07, 6.45) is 3.52. The van der Waals surface area contributed by atoms with Gasteiger partial charge in [0, 0.05) is 24.0 Å². The minimum absolute atomic E-state index is 0.875. The second-order valence-electron chi connectivity index (χ2n) is 5.19. The van der Waals surface area contributed by atoms with Gasteiger partial charge in [0.2, 0.25) is 0 Å². The maximum absolute atomic E-state index is 4.52. The number of rotatable bonds is 6. The molecule has 0 unspecified atom stereocenters. The Balaban J connectivity index is 1.50. The van der Waals surface area contributed by atoms with Crippen molar-refractivity contribution in [2.24, 2.45) is 0 Å². The highest BCUT2D eigenvalue weighted by Gasteiger charge is 1.99. The maximum Gasteiger partial charge on any atom is 0.137 e. The van der Waals surface area contributed by atoms with E-state index in [1.54, 1.807) is 6.33 Å². The molecule has 3 rings (SSSR count). The van der Waals surface area contributed by atoms with Crippen LogP contribution in [-0.2, 0) is 13.0 Å². The Morgan fingerprint density at radius 2 is 2.14 bits per heavy atom. The summed E-state index contributed by atoms with van der Waals surface area (Å²) in [6, 6.07) is 10.6. The second-order valence-corrected chi connectivity index (χ2v) is 5.19. The van der Waals surface area contributed by atoms with Crippen LogP contribution in [0.5, 0.6) is 0 Å². The molecule has 0 radical (unpaired) electrons. The molecular formula is C16H19N5. The summed E-state index contributed by atoms with van der Waals surface area (Å²) in [6.45, 7) is 3.86. The van der Waals surface area contributed by atoms with Gasteiger partial charge >= 0.3 is 0 Å². The van der Waals surface area contributed by atoms with Gasteiger partial charge in [-0.25, -0.2) is 4.98 Å². The van der Waals surface area contributed by atoms with Crippen LogP contribution in [-0.4, -0.2) is 26.7 Å². The van der Waals surface area contributed by atoms with Crippen LogP contribution < -0.4 is 5.32 Å². The Hall–Kier alpha value is -2.27. The van der Waals surface area contributed by atoms with Crippen LogP contribution in [0.15, 0.2) is 36.7 Å². The van der Waals surface area contributed by atoms with Crippen LogP contribution in [0.2, 0.25) is 0 Å². The van der Waals surface area contributed by atoms with Crippen molar-refractivity contribution in [2.45, 2.75) is 26.3 Å². The van der Waals surface area contributed by atoms with Gasteiger partial charge in [0.05, 0.1) is 5.52 Å². The molecule has 5 heteroatoms. The predicted octanol–water partition coefficient (Wildman–Crippen LogP) is 2.38. The highest BCUT2D eigenvalue weighted by molar-refractivity contribution is 5.79. The number of aromatic amines is 1. The molecule has 0 atom stereocenters. The predicted molar refractivity (Wildman–Crippen MR) is 82.9 cm³/mol. The quantitative estimate of drug-likeness (QED) is 0.681. The SMILES string of the molecule is Cc1ccc2cc(CNCCCc3ncn[nH]3)ccc2n1. The average molecular weight is 281 g/mol. The molecule has 0 bridgehead atoms. The van der Waals surface area contributed by atoms with E-state index < -0.39 is 0 Å². The van der Waals surface area contributed by atoms with Gasteiger partial charge in [0.15, 0.2) is 0 Å². The standard InChI is InChI=1S/C16H19N5/c1-12-4-6-14-9-13(5-7-15(14)20-12)10-17-8-2-3-16-18-11-19-21-16/h4-7,9,11,17H,2-3,8,10H2,1H3,(H,18,19,21). The number of nitrogens with one attached hydrogen (secondary N) is 2. The molecule has 0 spiro atoms. The van der Waals surface area contributed by atoms with E-state index in [0.29, 0.717) is 0 Å². The summed E-state index contributed by atoms with van der Waals surface area (Å²) in [5.74, 6) is 0.948. The summed E-state index contributed by atoms with van der Waals surface area (Å²) in [4.78, 5) is 8.63.